The Kier molecular flexibility index (Phi) is 5.37. The Balaban J connectivity index is 1.25. The lowest BCUT2D eigenvalue weighted by atomic mass is 9.90. The van der Waals surface area contributed by atoms with Crippen molar-refractivity contribution < 1.29 is 4.84 Å². The third-order valence-corrected chi connectivity index (χ3v) is 5.52. The first-order chi connectivity index (χ1) is 12.8. The molecule has 0 bridgehead atoms. The summed E-state index contributed by atoms with van der Waals surface area (Å²) in [6.07, 6.45) is 3.73. The second-order valence-electron chi connectivity index (χ2n) is 7.05. The van der Waals surface area contributed by atoms with Crippen molar-refractivity contribution in [1.82, 2.24) is 14.6 Å². The van der Waals surface area contributed by atoms with E-state index in [0.29, 0.717) is 11.4 Å². The number of hydrogen-bond acceptors (Lipinski definition) is 3. The van der Waals surface area contributed by atoms with Gasteiger partial charge >= 0.3 is 0 Å². The lowest BCUT2D eigenvalue weighted by Gasteiger charge is -2.31. The van der Waals surface area contributed by atoms with Gasteiger partial charge in [0.2, 0.25) is 4.77 Å². The Morgan fingerprint density at radius 2 is 1.73 bits per heavy atom. The molecule has 0 saturated carbocycles. The maximum absolute atomic E-state index is 5.95. The number of rotatable bonds is 6. The SMILES string of the molecule is S=c1[nH]c2ccccc2n1OCCN1CCC(Cc2ccccc2)CC1. The maximum atomic E-state index is 5.95. The second-order valence-corrected chi connectivity index (χ2v) is 7.44. The summed E-state index contributed by atoms with van der Waals surface area (Å²) in [5.41, 5.74) is 3.47. The molecule has 1 N–H and O–H groups in total. The smallest absolute Gasteiger partial charge is 0.212 e. The number of aromatic nitrogens is 2. The number of benzene rings is 2. The highest BCUT2D eigenvalue weighted by Crippen LogP contribution is 2.21. The molecule has 1 aromatic heterocycles. The molecule has 1 aliphatic rings. The quantitative estimate of drug-likeness (QED) is 0.667. The lowest BCUT2D eigenvalue weighted by molar-refractivity contribution is 0.0780. The van der Waals surface area contributed by atoms with Crippen LogP contribution in [0.4, 0.5) is 0 Å². The highest BCUT2D eigenvalue weighted by atomic mass is 32.1. The van der Waals surface area contributed by atoms with Crippen LogP contribution in [-0.2, 0) is 6.42 Å². The minimum absolute atomic E-state index is 0.618. The van der Waals surface area contributed by atoms with Crippen molar-refractivity contribution in [3.8, 4) is 0 Å². The molecular formula is C21H25N3OS. The second kappa shape index (κ2) is 8.06. The van der Waals surface area contributed by atoms with Crippen molar-refractivity contribution >= 4 is 23.3 Å². The summed E-state index contributed by atoms with van der Waals surface area (Å²) in [7, 11) is 0. The van der Waals surface area contributed by atoms with Gasteiger partial charge in [-0.3, -0.25) is 4.90 Å². The molecule has 1 aliphatic heterocycles. The van der Waals surface area contributed by atoms with E-state index < -0.39 is 0 Å². The fourth-order valence-corrected chi connectivity index (χ4v) is 4.04. The molecule has 1 saturated heterocycles. The van der Waals surface area contributed by atoms with Crippen molar-refractivity contribution in [1.29, 1.82) is 0 Å². The number of para-hydroxylation sites is 2. The first-order valence-electron chi connectivity index (χ1n) is 9.39. The number of likely N-dealkylation sites (tertiary alicyclic amines) is 1. The van der Waals surface area contributed by atoms with Gasteiger partial charge in [0.1, 0.15) is 12.1 Å². The van der Waals surface area contributed by atoms with E-state index in [1.54, 1.807) is 4.73 Å². The predicted octanol–water partition coefficient (Wildman–Crippen LogP) is 4.08. The van der Waals surface area contributed by atoms with E-state index in [1.807, 2.05) is 24.3 Å². The molecule has 0 unspecified atom stereocenters. The number of H-pyrrole nitrogens is 1. The van der Waals surface area contributed by atoms with Crippen molar-refractivity contribution in [2.75, 3.05) is 26.2 Å². The summed E-state index contributed by atoms with van der Waals surface area (Å²) in [5, 5.41) is 0. The molecular weight excluding hydrogens is 342 g/mol. The summed E-state index contributed by atoms with van der Waals surface area (Å²) in [6, 6.07) is 18.9. The van der Waals surface area contributed by atoms with Gasteiger partial charge in [-0.05, 0) is 68.2 Å². The minimum Gasteiger partial charge on any atom is -0.410 e. The number of nitrogens with one attached hydrogen (secondary N) is 1. The third-order valence-electron chi connectivity index (χ3n) is 5.25. The lowest BCUT2D eigenvalue weighted by Crippen LogP contribution is -2.37. The number of aromatic amines is 1. The summed E-state index contributed by atoms with van der Waals surface area (Å²) in [5.74, 6) is 0.803. The molecule has 0 amide bonds. The zero-order chi connectivity index (χ0) is 17.8. The summed E-state index contributed by atoms with van der Waals surface area (Å²) < 4.78 is 2.36. The van der Waals surface area contributed by atoms with Crippen LogP contribution < -0.4 is 4.84 Å². The average molecular weight is 368 g/mol. The van der Waals surface area contributed by atoms with Gasteiger partial charge in [-0.1, -0.05) is 42.5 Å². The molecule has 2 heterocycles. The largest absolute Gasteiger partial charge is 0.410 e. The molecule has 0 spiro atoms. The van der Waals surface area contributed by atoms with Crippen LogP contribution in [-0.4, -0.2) is 40.9 Å². The highest BCUT2D eigenvalue weighted by Gasteiger charge is 2.19. The molecule has 4 rings (SSSR count). The van der Waals surface area contributed by atoms with Crippen molar-refractivity contribution in [2.45, 2.75) is 19.3 Å². The molecule has 136 valence electrons. The average Bonchev–Trinajstić information content (AvgIpc) is 2.99. The normalized spacial score (nSPS) is 16.2. The molecule has 2 aromatic carbocycles. The predicted molar refractivity (Wildman–Crippen MR) is 108 cm³/mol. The number of piperidine rings is 1. The number of hydrogen-bond donors (Lipinski definition) is 1. The van der Waals surface area contributed by atoms with Crippen molar-refractivity contribution in [2.24, 2.45) is 5.92 Å². The van der Waals surface area contributed by atoms with E-state index in [-0.39, 0.29) is 0 Å². The number of imidazole rings is 1. The van der Waals surface area contributed by atoms with Gasteiger partial charge in [0.05, 0.1) is 5.52 Å². The highest BCUT2D eigenvalue weighted by molar-refractivity contribution is 7.71. The van der Waals surface area contributed by atoms with Crippen LogP contribution in [0.3, 0.4) is 0 Å². The van der Waals surface area contributed by atoms with Gasteiger partial charge in [0.25, 0.3) is 0 Å². The Morgan fingerprint density at radius 1 is 1.00 bits per heavy atom. The Morgan fingerprint density at radius 3 is 2.54 bits per heavy atom. The molecule has 0 atom stereocenters. The zero-order valence-corrected chi connectivity index (χ0v) is 15.8. The number of fused-ring (bicyclic) bond motifs is 1. The van der Waals surface area contributed by atoms with Crippen LogP contribution >= 0.6 is 12.2 Å². The zero-order valence-electron chi connectivity index (χ0n) is 14.9. The monoisotopic (exact) mass is 367 g/mol. The fraction of sp³-hybridized carbons (Fsp3) is 0.381. The topological polar surface area (TPSA) is 33.2 Å². The molecule has 1 fully saturated rings. The van der Waals surface area contributed by atoms with Gasteiger partial charge < -0.3 is 9.82 Å². The van der Waals surface area contributed by atoms with E-state index in [0.717, 1.165) is 36.6 Å². The van der Waals surface area contributed by atoms with Crippen LogP contribution in [0.5, 0.6) is 0 Å². The Labute approximate surface area is 159 Å². The van der Waals surface area contributed by atoms with Crippen LogP contribution in [0.25, 0.3) is 11.0 Å². The standard InChI is InChI=1S/C21H25N3OS/c26-21-22-19-8-4-5-9-20(19)24(21)25-15-14-23-12-10-18(11-13-23)16-17-6-2-1-3-7-17/h1-9,18H,10-16H2,(H,22,26). The van der Waals surface area contributed by atoms with Gasteiger partial charge in [-0.25, -0.2) is 0 Å². The first-order valence-corrected chi connectivity index (χ1v) is 9.80. The van der Waals surface area contributed by atoms with Crippen LogP contribution in [0.1, 0.15) is 18.4 Å². The van der Waals surface area contributed by atoms with E-state index in [9.17, 15) is 0 Å². The maximum Gasteiger partial charge on any atom is 0.212 e. The van der Waals surface area contributed by atoms with Crippen LogP contribution in [0, 0.1) is 10.7 Å². The summed E-state index contributed by atoms with van der Waals surface area (Å²) in [6.45, 7) is 3.90. The Hall–Kier alpha value is -2.11. The first kappa shape index (κ1) is 17.3. The third kappa shape index (κ3) is 4.00. The van der Waals surface area contributed by atoms with Gasteiger partial charge in [0.15, 0.2) is 0 Å². The van der Waals surface area contributed by atoms with E-state index in [4.69, 9.17) is 17.1 Å². The molecule has 26 heavy (non-hydrogen) atoms. The van der Waals surface area contributed by atoms with E-state index in [1.165, 1.54) is 24.8 Å². The fourth-order valence-electron chi connectivity index (χ4n) is 3.78. The van der Waals surface area contributed by atoms with E-state index >= 15 is 0 Å². The minimum atomic E-state index is 0.618. The van der Waals surface area contributed by atoms with Gasteiger partial charge in [-0.2, -0.15) is 4.73 Å². The molecule has 5 heteroatoms. The van der Waals surface area contributed by atoms with Crippen LogP contribution in [0.15, 0.2) is 54.6 Å². The summed E-state index contributed by atoms with van der Waals surface area (Å²) >= 11 is 5.37. The van der Waals surface area contributed by atoms with Crippen molar-refractivity contribution in [3.63, 3.8) is 0 Å². The Bertz CT molecular complexity index is 894. The molecule has 3 aromatic rings. The van der Waals surface area contributed by atoms with Gasteiger partial charge in [-0.15, -0.1) is 0 Å². The summed E-state index contributed by atoms with van der Waals surface area (Å²) in [4.78, 5) is 11.6. The number of nitrogens with zero attached hydrogens (tertiary/aromatic N) is 2. The molecule has 0 aliphatic carbocycles. The molecule has 0 radical (unpaired) electrons. The van der Waals surface area contributed by atoms with Crippen LogP contribution in [0.2, 0.25) is 0 Å². The van der Waals surface area contributed by atoms with Crippen molar-refractivity contribution in [3.05, 3.63) is 64.9 Å². The van der Waals surface area contributed by atoms with Gasteiger partial charge in [0, 0.05) is 6.54 Å². The van der Waals surface area contributed by atoms with E-state index in [2.05, 4.69) is 40.2 Å². The molecule has 4 nitrogen and oxygen atoms in total.